The molecule has 1 rings (SSSR count). The highest BCUT2D eigenvalue weighted by Gasteiger charge is 2.27. The molecule has 0 fully saturated rings. The van der Waals surface area contributed by atoms with E-state index in [1.807, 2.05) is 44.2 Å². The SMILES string of the molecule is CC(C)C[C@@H](NC(=O)OC(C)(C)C)C(=O)CN(CC(=O)O)Cc1ccccc1. The zero-order valence-electron chi connectivity index (χ0n) is 17.4. The highest BCUT2D eigenvalue weighted by molar-refractivity contribution is 5.89. The third kappa shape index (κ3) is 10.1. The number of alkyl carbamates (subject to hydrolysis) is 1. The third-order valence-electron chi connectivity index (χ3n) is 3.77. The van der Waals surface area contributed by atoms with Crippen molar-refractivity contribution in [1.29, 1.82) is 0 Å². The van der Waals surface area contributed by atoms with Crippen LogP contribution in [0.15, 0.2) is 30.3 Å². The Labute approximate surface area is 167 Å². The molecule has 2 N–H and O–H groups in total. The summed E-state index contributed by atoms with van der Waals surface area (Å²) in [6.45, 7) is 9.16. The molecule has 7 heteroatoms. The number of hydrogen-bond donors (Lipinski definition) is 2. The summed E-state index contributed by atoms with van der Waals surface area (Å²) in [6, 6.07) is 8.62. The number of ether oxygens (including phenoxy) is 1. The van der Waals surface area contributed by atoms with Crippen LogP contribution in [0.4, 0.5) is 4.79 Å². The van der Waals surface area contributed by atoms with Crippen LogP contribution in [0.5, 0.6) is 0 Å². The number of carbonyl (C=O) groups is 3. The lowest BCUT2D eigenvalue weighted by Crippen LogP contribution is -2.48. The Bertz CT molecular complexity index is 653. The number of carboxylic acid groups (broad SMARTS) is 1. The number of carboxylic acids is 1. The zero-order valence-corrected chi connectivity index (χ0v) is 17.4. The molecule has 0 heterocycles. The number of Topliss-reactive ketones (excluding diaryl/α,β-unsaturated/α-hetero) is 1. The Morgan fingerprint density at radius 3 is 2.21 bits per heavy atom. The van der Waals surface area contributed by atoms with Gasteiger partial charge in [0, 0.05) is 6.54 Å². The van der Waals surface area contributed by atoms with Crippen LogP contribution < -0.4 is 5.32 Å². The predicted octanol–water partition coefficient (Wildman–Crippen LogP) is 3.08. The van der Waals surface area contributed by atoms with E-state index < -0.39 is 23.7 Å². The molecule has 0 aliphatic heterocycles. The van der Waals surface area contributed by atoms with Gasteiger partial charge in [0.2, 0.25) is 0 Å². The summed E-state index contributed by atoms with van der Waals surface area (Å²) in [7, 11) is 0. The van der Waals surface area contributed by atoms with Crippen molar-refractivity contribution in [1.82, 2.24) is 10.2 Å². The van der Waals surface area contributed by atoms with Gasteiger partial charge >= 0.3 is 12.1 Å². The van der Waals surface area contributed by atoms with Gasteiger partial charge in [-0.15, -0.1) is 0 Å². The van der Waals surface area contributed by atoms with E-state index in [1.165, 1.54) is 0 Å². The molecule has 1 aromatic carbocycles. The van der Waals surface area contributed by atoms with Gasteiger partial charge in [0.15, 0.2) is 5.78 Å². The summed E-state index contributed by atoms with van der Waals surface area (Å²) >= 11 is 0. The van der Waals surface area contributed by atoms with E-state index >= 15 is 0 Å². The van der Waals surface area contributed by atoms with Gasteiger partial charge < -0.3 is 15.2 Å². The normalized spacial score (nSPS) is 12.7. The lowest BCUT2D eigenvalue weighted by molar-refractivity contribution is -0.139. The van der Waals surface area contributed by atoms with Gasteiger partial charge in [0.1, 0.15) is 5.60 Å². The standard InChI is InChI=1S/C21H32N2O5/c1-15(2)11-17(22-20(27)28-21(3,4)5)18(24)13-23(14-19(25)26)12-16-9-7-6-8-10-16/h6-10,15,17H,11-14H2,1-5H3,(H,22,27)(H,25,26)/t17-/m1/s1. The van der Waals surface area contributed by atoms with Crippen LogP contribution in [0.1, 0.15) is 46.6 Å². The molecule has 0 aliphatic rings. The van der Waals surface area contributed by atoms with Crippen molar-refractivity contribution in [3.8, 4) is 0 Å². The Hall–Kier alpha value is -2.41. The van der Waals surface area contributed by atoms with Gasteiger partial charge in [-0.05, 0) is 38.7 Å². The lowest BCUT2D eigenvalue weighted by Gasteiger charge is -2.26. The molecule has 0 saturated carbocycles. The van der Waals surface area contributed by atoms with Crippen LogP contribution in [-0.4, -0.2) is 52.6 Å². The highest BCUT2D eigenvalue weighted by Crippen LogP contribution is 2.12. The van der Waals surface area contributed by atoms with E-state index in [2.05, 4.69) is 5.32 Å². The second kappa shape index (κ2) is 10.8. The Morgan fingerprint density at radius 2 is 1.71 bits per heavy atom. The molecule has 0 radical (unpaired) electrons. The smallest absolute Gasteiger partial charge is 0.408 e. The molecule has 0 spiro atoms. The van der Waals surface area contributed by atoms with Crippen molar-refractivity contribution in [2.24, 2.45) is 5.92 Å². The monoisotopic (exact) mass is 392 g/mol. The number of rotatable bonds is 10. The second-order valence-electron chi connectivity index (χ2n) is 8.32. The molecule has 0 saturated heterocycles. The van der Waals surface area contributed by atoms with Crippen LogP contribution in [0.25, 0.3) is 0 Å². The first-order chi connectivity index (χ1) is 13.0. The summed E-state index contributed by atoms with van der Waals surface area (Å²) < 4.78 is 5.26. The second-order valence-corrected chi connectivity index (χ2v) is 8.32. The molecule has 0 aliphatic carbocycles. The van der Waals surface area contributed by atoms with E-state index in [4.69, 9.17) is 4.74 Å². The Balaban J connectivity index is 2.85. The summed E-state index contributed by atoms with van der Waals surface area (Å²) in [4.78, 5) is 37.8. The average molecular weight is 392 g/mol. The lowest BCUT2D eigenvalue weighted by atomic mass is 10.00. The van der Waals surface area contributed by atoms with Gasteiger partial charge in [-0.25, -0.2) is 4.79 Å². The number of carbonyl (C=O) groups excluding carboxylic acids is 2. The number of ketones is 1. The minimum Gasteiger partial charge on any atom is -0.480 e. The van der Waals surface area contributed by atoms with Crippen molar-refractivity contribution in [2.75, 3.05) is 13.1 Å². The maximum absolute atomic E-state index is 12.9. The fourth-order valence-corrected chi connectivity index (χ4v) is 2.72. The molecule has 0 bridgehead atoms. The quantitative estimate of drug-likeness (QED) is 0.635. The van der Waals surface area contributed by atoms with Crippen LogP contribution in [-0.2, 0) is 20.9 Å². The van der Waals surface area contributed by atoms with Crippen LogP contribution >= 0.6 is 0 Å². The van der Waals surface area contributed by atoms with E-state index in [1.54, 1.807) is 25.7 Å². The maximum Gasteiger partial charge on any atom is 0.408 e. The van der Waals surface area contributed by atoms with Gasteiger partial charge in [0.25, 0.3) is 0 Å². The first kappa shape index (κ1) is 23.6. The molecule has 28 heavy (non-hydrogen) atoms. The molecule has 7 nitrogen and oxygen atoms in total. The molecule has 0 aromatic heterocycles. The Morgan fingerprint density at radius 1 is 1.11 bits per heavy atom. The molecular weight excluding hydrogens is 360 g/mol. The van der Waals surface area contributed by atoms with E-state index in [0.29, 0.717) is 13.0 Å². The maximum atomic E-state index is 12.9. The number of amides is 1. The van der Waals surface area contributed by atoms with Crippen LogP contribution in [0.2, 0.25) is 0 Å². The number of nitrogens with one attached hydrogen (secondary N) is 1. The van der Waals surface area contributed by atoms with Crippen molar-refractivity contribution in [3.05, 3.63) is 35.9 Å². The van der Waals surface area contributed by atoms with Gasteiger partial charge in [-0.2, -0.15) is 0 Å². The number of hydrogen-bond acceptors (Lipinski definition) is 5. The average Bonchev–Trinajstić information content (AvgIpc) is 2.52. The predicted molar refractivity (Wildman–Crippen MR) is 107 cm³/mol. The van der Waals surface area contributed by atoms with Gasteiger partial charge in [0.05, 0.1) is 19.1 Å². The molecule has 1 amide bonds. The number of nitrogens with zero attached hydrogens (tertiary/aromatic N) is 1. The zero-order chi connectivity index (χ0) is 21.3. The van der Waals surface area contributed by atoms with Crippen molar-refractivity contribution < 1.29 is 24.2 Å². The van der Waals surface area contributed by atoms with Gasteiger partial charge in [-0.3, -0.25) is 14.5 Å². The van der Waals surface area contributed by atoms with Gasteiger partial charge in [-0.1, -0.05) is 44.2 Å². The minimum atomic E-state index is -1.01. The van der Waals surface area contributed by atoms with E-state index in [0.717, 1.165) is 5.56 Å². The fourth-order valence-electron chi connectivity index (χ4n) is 2.72. The van der Waals surface area contributed by atoms with Crippen molar-refractivity contribution in [3.63, 3.8) is 0 Å². The topological polar surface area (TPSA) is 95.9 Å². The third-order valence-corrected chi connectivity index (χ3v) is 3.77. The summed E-state index contributed by atoms with van der Waals surface area (Å²) in [5, 5.41) is 11.8. The Kier molecular flexibility index (Phi) is 9.12. The summed E-state index contributed by atoms with van der Waals surface area (Å²) in [5.74, 6) is -1.08. The minimum absolute atomic E-state index is 0.0750. The summed E-state index contributed by atoms with van der Waals surface area (Å²) in [5.41, 5.74) is 0.245. The summed E-state index contributed by atoms with van der Waals surface area (Å²) in [6.07, 6.45) is -0.205. The number of benzene rings is 1. The molecular formula is C21H32N2O5. The fraction of sp³-hybridized carbons (Fsp3) is 0.571. The molecule has 1 aromatic rings. The van der Waals surface area contributed by atoms with E-state index in [9.17, 15) is 19.5 Å². The highest BCUT2D eigenvalue weighted by atomic mass is 16.6. The van der Waals surface area contributed by atoms with Crippen LogP contribution in [0.3, 0.4) is 0 Å². The largest absolute Gasteiger partial charge is 0.480 e. The van der Waals surface area contributed by atoms with Crippen molar-refractivity contribution in [2.45, 2.75) is 59.2 Å². The molecule has 1 atom stereocenters. The van der Waals surface area contributed by atoms with Crippen LogP contribution in [0, 0.1) is 5.92 Å². The first-order valence-electron chi connectivity index (χ1n) is 9.46. The van der Waals surface area contributed by atoms with Crippen molar-refractivity contribution >= 4 is 17.8 Å². The number of aliphatic carboxylic acids is 1. The molecule has 0 unspecified atom stereocenters. The first-order valence-corrected chi connectivity index (χ1v) is 9.46. The van der Waals surface area contributed by atoms with E-state index in [-0.39, 0.29) is 24.8 Å². The molecule has 156 valence electrons.